The van der Waals surface area contributed by atoms with Gasteiger partial charge in [0.2, 0.25) is 53.2 Å². The van der Waals surface area contributed by atoms with Crippen molar-refractivity contribution in [1.82, 2.24) is 47.4 Å². The Morgan fingerprint density at radius 1 is 0.775 bits per heavy atom. The summed E-state index contributed by atoms with van der Waals surface area (Å²) in [7, 11) is 0. The number of nitrogens with zero attached hydrogens (tertiary/aromatic N) is 2. The monoisotopic (exact) mass is 1020 g/mol. The van der Waals surface area contributed by atoms with Gasteiger partial charge in [-0.1, -0.05) is 26.0 Å². The van der Waals surface area contributed by atoms with Gasteiger partial charge in [0.05, 0.1) is 37.9 Å². The molecule has 1 aliphatic rings. The highest BCUT2D eigenvalue weighted by atomic mass is 32.1. The molecule has 10 atom stereocenters. The average molecular weight is 1020 g/mol. The minimum Gasteiger partial charge on any atom is -0.508 e. The van der Waals surface area contributed by atoms with Crippen molar-refractivity contribution in [2.45, 2.75) is 120 Å². The first-order valence-corrected chi connectivity index (χ1v) is 23.4. The van der Waals surface area contributed by atoms with E-state index in [1.807, 2.05) is 0 Å². The fourth-order valence-electron chi connectivity index (χ4n) is 6.84. The van der Waals surface area contributed by atoms with Crippen LogP contribution in [0.5, 0.6) is 5.75 Å². The fraction of sp³-hybridized carbons (Fsp3) is 0.605. The Labute approximate surface area is 415 Å². The highest BCUT2D eigenvalue weighted by Gasteiger charge is 2.38. The number of aliphatic hydroxyl groups is 3. The molecule has 0 aliphatic carbocycles. The summed E-state index contributed by atoms with van der Waals surface area (Å²) < 4.78 is 0. The molecule has 2 rings (SSSR count). The van der Waals surface area contributed by atoms with Crippen molar-refractivity contribution < 1.29 is 68.4 Å². The van der Waals surface area contributed by atoms with Crippen molar-refractivity contribution in [3.63, 3.8) is 0 Å². The van der Waals surface area contributed by atoms with Crippen molar-refractivity contribution >= 4 is 78.0 Å². The summed E-state index contributed by atoms with van der Waals surface area (Å²) in [6.45, 7) is 4.22. The van der Waals surface area contributed by atoms with E-state index in [1.165, 1.54) is 29.2 Å². The molecule has 18 N–H and O–H groups in total. The van der Waals surface area contributed by atoms with Gasteiger partial charge in [-0.2, -0.15) is 12.6 Å². The predicted molar refractivity (Wildman–Crippen MR) is 257 cm³/mol. The van der Waals surface area contributed by atoms with E-state index in [4.69, 9.17) is 17.2 Å². The molecule has 0 saturated carbocycles. The molecule has 71 heavy (non-hydrogen) atoms. The van der Waals surface area contributed by atoms with Crippen LogP contribution in [0.4, 0.5) is 0 Å². The first-order chi connectivity index (χ1) is 33.4. The molecule has 0 aromatic heterocycles. The summed E-state index contributed by atoms with van der Waals surface area (Å²) in [6.07, 6.45) is -2.40. The Morgan fingerprint density at radius 3 is 1.85 bits per heavy atom. The SMILES string of the molecule is CC(C)C(N)C(=O)N1CCCC1C(=O)NCC(=O)NCC(=O)NC(CS)C(=O)NC(C(=O)NC(Cc1ccc(O)cc1)C(=O)NC(C(=O)NC(CCCN=C(N)N)C(=O)NC(C=O)CO)C(C)O)C(C)O. The Hall–Kier alpha value is -6.62. The van der Waals surface area contributed by atoms with Crippen LogP contribution in [0.2, 0.25) is 0 Å². The first-order valence-electron chi connectivity index (χ1n) is 22.7. The second-order valence-electron chi connectivity index (χ2n) is 17.1. The van der Waals surface area contributed by atoms with Gasteiger partial charge in [0, 0.05) is 25.3 Å². The molecule has 1 heterocycles. The van der Waals surface area contributed by atoms with Crippen LogP contribution in [0.1, 0.15) is 58.9 Å². The minimum absolute atomic E-state index is 0.0250. The zero-order valence-electron chi connectivity index (χ0n) is 40.0. The van der Waals surface area contributed by atoms with Gasteiger partial charge in [-0.05, 0) is 63.1 Å². The van der Waals surface area contributed by atoms with Gasteiger partial charge in [-0.25, -0.2) is 0 Å². The lowest BCUT2D eigenvalue weighted by Crippen LogP contribution is -2.63. The standard InChI is InChI=1S/C43H69N13O14S/c1-21(2)33(44)42(70)56-14-6-8-30(56)39(67)49-16-31(62)48-17-32(63)51-29(20-71)38(66)55-35(23(4)60)41(69)53-28(15-24-9-11-26(61)12-10-24)37(65)54-34(22(3)59)40(68)52-27(7-5-13-47-43(45)46)36(64)50-25(18-57)19-58/h9-12,18,21-23,25,27-30,33-35,58-61,71H,5-8,13-17,19-20,44H2,1-4H3,(H,48,62)(H,49,67)(H,50,64)(H,51,63)(H,52,68)(H,53,69)(H,54,65)(H,55,66)(H4,45,46,47). The maximum Gasteiger partial charge on any atom is 0.245 e. The van der Waals surface area contributed by atoms with E-state index >= 15 is 0 Å². The maximum absolute atomic E-state index is 14.0. The number of benzene rings is 1. The van der Waals surface area contributed by atoms with Crippen molar-refractivity contribution in [3.8, 4) is 5.75 Å². The molecule has 1 saturated heterocycles. The summed E-state index contributed by atoms with van der Waals surface area (Å²) in [5.41, 5.74) is 17.1. The maximum atomic E-state index is 14.0. The molecule has 10 unspecified atom stereocenters. The molecule has 1 fully saturated rings. The van der Waals surface area contributed by atoms with E-state index in [0.29, 0.717) is 24.9 Å². The van der Waals surface area contributed by atoms with E-state index in [2.05, 4.69) is 60.2 Å². The number of likely N-dealkylation sites (tertiary alicyclic amines) is 1. The van der Waals surface area contributed by atoms with E-state index in [-0.39, 0.29) is 61.4 Å². The lowest BCUT2D eigenvalue weighted by Gasteiger charge is -2.29. The van der Waals surface area contributed by atoms with Crippen LogP contribution in [-0.4, -0.2) is 190 Å². The van der Waals surface area contributed by atoms with Crippen molar-refractivity contribution in [2.75, 3.05) is 38.5 Å². The normalized spacial score (nSPS) is 17.0. The number of aliphatic imine (C=N–C) groups is 1. The number of aromatic hydroxyl groups is 1. The number of amides is 9. The quantitative estimate of drug-likeness (QED) is 0.0117. The summed E-state index contributed by atoms with van der Waals surface area (Å²) in [4.78, 5) is 135. The van der Waals surface area contributed by atoms with Gasteiger partial charge in [0.1, 0.15) is 54.3 Å². The lowest BCUT2D eigenvalue weighted by molar-refractivity contribution is -0.140. The second kappa shape index (κ2) is 30.2. The van der Waals surface area contributed by atoms with Gasteiger partial charge in [0.25, 0.3) is 0 Å². The molecular formula is C43H69N13O14S. The van der Waals surface area contributed by atoms with Crippen LogP contribution in [0.25, 0.3) is 0 Å². The van der Waals surface area contributed by atoms with Gasteiger partial charge >= 0.3 is 0 Å². The summed E-state index contributed by atoms with van der Waals surface area (Å²) >= 11 is 4.11. The zero-order chi connectivity index (χ0) is 53.5. The molecule has 1 aromatic carbocycles. The number of guanidine groups is 1. The number of phenols is 1. The van der Waals surface area contributed by atoms with E-state index in [1.54, 1.807) is 13.8 Å². The lowest BCUT2D eigenvalue weighted by atomic mass is 10.0. The van der Waals surface area contributed by atoms with E-state index < -0.39 is 127 Å². The Bertz CT molecular complexity index is 2040. The van der Waals surface area contributed by atoms with E-state index in [0.717, 1.165) is 13.8 Å². The van der Waals surface area contributed by atoms with Crippen molar-refractivity contribution in [2.24, 2.45) is 28.1 Å². The molecule has 9 amide bonds. The number of nitrogens with one attached hydrogen (secondary N) is 8. The number of nitrogens with two attached hydrogens (primary N) is 3. The number of rotatable bonds is 29. The van der Waals surface area contributed by atoms with Gasteiger partial charge in [-0.3, -0.25) is 48.1 Å². The van der Waals surface area contributed by atoms with Crippen LogP contribution >= 0.6 is 12.6 Å². The molecule has 0 radical (unpaired) electrons. The summed E-state index contributed by atoms with van der Waals surface area (Å²) in [6, 6.07) is -5.62. The first kappa shape index (κ1) is 60.5. The smallest absolute Gasteiger partial charge is 0.245 e. The zero-order valence-corrected chi connectivity index (χ0v) is 40.9. The molecule has 1 aromatic rings. The van der Waals surface area contributed by atoms with Crippen LogP contribution in [-0.2, 0) is 54.4 Å². The van der Waals surface area contributed by atoms with Crippen molar-refractivity contribution in [3.05, 3.63) is 29.8 Å². The average Bonchev–Trinajstić information content (AvgIpc) is 3.82. The molecular weight excluding hydrogens is 955 g/mol. The van der Waals surface area contributed by atoms with Gasteiger partial charge in [-0.15, -0.1) is 0 Å². The molecule has 396 valence electrons. The fourth-order valence-corrected chi connectivity index (χ4v) is 7.10. The molecule has 1 aliphatic heterocycles. The Kier molecular flexibility index (Phi) is 25.7. The van der Waals surface area contributed by atoms with Crippen molar-refractivity contribution in [1.29, 1.82) is 0 Å². The number of carbonyl (C=O) groups excluding carboxylic acids is 10. The van der Waals surface area contributed by atoms with Crippen LogP contribution in [0.15, 0.2) is 29.3 Å². The largest absolute Gasteiger partial charge is 0.508 e. The van der Waals surface area contributed by atoms with E-state index in [9.17, 15) is 68.4 Å². The van der Waals surface area contributed by atoms with Crippen LogP contribution in [0, 0.1) is 5.92 Å². The minimum atomic E-state index is -1.80. The summed E-state index contributed by atoms with van der Waals surface area (Å²) in [5, 5.41) is 59.3. The second-order valence-corrected chi connectivity index (χ2v) is 17.5. The third-order valence-corrected chi connectivity index (χ3v) is 11.3. The summed E-state index contributed by atoms with van der Waals surface area (Å²) in [5.74, 6) is -8.75. The topological polar surface area (TPSA) is 442 Å². The number of aliphatic hydroxyl groups excluding tert-OH is 3. The molecule has 28 heteroatoms. The predicted octanol–water partition coefficient (Wildman–Crippen LogP) is -7.01. The number of aldehydes is 1. The number of carbonyl (C=O) groups is 10. The third kappa shape index (κ3) is 20.3. The van der Waals surface area contributed by atoms with Crippen LogP contribution < -0.4 is 59.7 Å². The highest BCUT2D eigenvalue weighted by molar-refractivity contribution is 7.80. The number of thiol groups is 1. The van der Waals surface area contributed by atoms with Gasteiger partial charge in [0.15, 0.2) is 5.96 Å². The number of hydrogen-bond donors (Lipinski definition) is 16. The van der Waals surface area contributed by atoms with Crippen LogP contribution in [0.3, 0.4) is 0 Å². The van der Waals surface area contributed by atoms with Gasteiger partial charge < -0.3 is 89.9 Å². The number of hydrogen-bond acceptors (Lipinski definition) is 17. The number of phenolic OH excluding ortho intramolecular Hbond substituents is 1. The third-order valence-electron chi connectivity index (χ3n) is 10.9. The molecule has 0 spiro atoms. The Morgan fingerprint density at radius 2 is 1.32 bits per heavy atom. The highest BCUT2D eigenvalue weighted by Crippen LogP contribution is 2.20. The Balaban J connectivity index is 2.18. The molecule has 0 bridgehead atoms. The molecule has 27 nitrogen and oxygen atoms in total.